The van der Waals surface area contributed by atoms with E-state index in [9.17, 15) is 8.42 Å². The number of nitrogens with zero attached hydrogens (tertiary/aromatic N) is 2. The van der Waals surface area contributed by atoms with Gasteiger partial charge in [-0.05, 0) is 49.8 Å². The van der Waals surface area contributed by atoms with Gasteiger partial charge >= 0.3 is 0 Å². The van der Waals surface area contributed by atoms with Crippen molar-refractivity contribution in [2.24, 2.45) is 0 Å². The van der Waals surface area contributed by atoms with E-state index in [0.29, 0.717) is 5.69 Å². The summed E-state index contributed by atoms with van der Waals surface area (Å²) in [4.78, 5) is 0.250. The smallest absolute Gasteiger partial charge is 0.240 e. The standard InChI is InChI=1S/C14H18N4O2S/c1-15-10-8-12-4-6-14(7-5-12)21(19,20)17-11-13-3-2-9-16-18-13/h2-7,9,15,17H,8,10-11H2,1H3. The molecule has 0 saturated heterocycles. The predicted molar refractivity (Wildman–Crippen MR) is 80.1 cm³/mol. The molecule has 2 aromatic rings. The molecule has 0 bridgehead atoms. The Morgan fingerprint density at radius 3 is 2.52 bits per heavy atom. The normalized spacial score (nSPS) is 11.5. The highest BCUT2D eigenvalue weighted by atomic mass is 32.2. The second-order valence-electron chi connectivity index (χ2n) is 4.54. The van der Waals surface area contributed by atoms with E-state index in [-0.39, 0.29) is 11.4 Å². The van der Waals surface area contributed by atoms with Crippen molar-refractivity contribution in [1.29, 1.82) is 0 Å². The van der Waals surface area contributed by atoms with E-state index < -0.39 is 10.0 Å². The van der Waals surface area contributed by atoms with Crippen LogP contribution >= 0.6 is 0 Å². The molecule has 0 saturated carbocycles. The third-order valence-electron chi connectivity index (χ3n) is 2.97. The third kappa shape index (κ3) is 4.59. The summed E-state index contributed by atoms with van der Waals surface area (Å²) in [6.07, 6.45) is 2.41. The van der Waals surface area contributed by atoms with Crippen molar-refractivity contribution >= 4 is 10.0 Å². The number of nitrogens with one attached hydrogen (secondary N) is 2. The van der Waals surface area contributed by atoms with Gasteiger partial charge in [0.25, 0.3) is 0 Å². The van der Waals surface area contributed by atoms with Gasteiger partial charge in [0.15, 0.2) is 0 Å². The summed E-state index contributed by atoms with van der Waals surface area (Å²) in [6.45, 7) is 0.981. The van der Waals surface area contributed by atoms with Crippen LogP contribution in [-0.2, 0) is 23.0 Å². The molecule has 1 aromatic carbocycles. The Morgan fingerprint density at radius 1 is 1.14 bits per heavy atom. The highest BCUT2D eigenvalue weighted by molar-refractivity contribution is 7.89. The van der Waals surface area contributed by atoms with Crippen LogP contribution < -0.4 is 10.0 Å². The molecule has 0 fully saturated rings. The first kappa shape index (κ1) is 15.6. The molecule has 0 aliphatic heterocycles. The fraction of sp³-hybridized carbons (Fsp3) is 0.286. The maximum Gasteiger partial charge on any atom is 0.240 e. The minimum atomic E-state index is -3.53. The molecule has 0 aliphatic carbocycles. The lowest BCUT2D eigenvalue weighted by Gasteiger charge is -2.07. The first-order chi connectivity index (χ1) is 10.1. The molecule has 0 atom stereocenters. The van der Waals surface area contributed by atoms with E-state index in [1.54, 1.807) is 30.5 Å². The average Bonchev–Trinajstić information content (AvgIpc) is 2.52. The number of sulfonamides is 1. The van der Waals surface area contributed by atoms with E-state index in [4.69, 9.17) is 0 Å². The molecule has 7 heteroatoms. The van der Waals surface area contributed by atoms with Gasteiger partial charge in [-0.3, -0.25) is 0 Å². The van der Waals surface area contributed by atoms with Gasteiger partial charge in [0.05, 0.1) is 17.1 Å². The minimum absolute atomic E-state index is 0.123. The van der Waals surface area contributed by atoms with Crippen molar-refractivity contribution in [2.45, 2.75) is 17.9 Å². The summed E-state index contributed by atoms with van der Waals surface area (Å²) in [5.74, 6) is 0. The molecule has 21 heavy (non-hydrogen) atoms. The zero-order chi connectivity index (χ0) is 15.1. The van der Waals surface area contributed by atoms with Crippen LogP contribution in [0.2, 0.25) is 0 Å². The summed E-state index contributed by atoms with van der Waals surface area (Å²) < 4.78 is 26.8. The number of aromatic nitrogens is 2. The van der Waals surface area contributed by atoms with Crippen molar-refractivity contribution < 1.29 is 8.42 Å². The molecular weight excluding hydrogens is 288 g/mol. The van der Waals surface area contributed by atoms with Crippen LogP contribution in [0.4, 0.5) is 0 Å². The maximum absolute atomic E-state index is 12.2. The molecule has 6 nitrogen and oxygen atoms in total. The number of hydrogen-bond donors (Lipinski definition) is 2. The van der Waals surface area contributed by atoms with Crippen LogP contribution in [-0.4, -0.2) is 32.2 Å². The Kier molecular flexibility index (Phi) is 5.38. The van der Waals surface area contributed by atoms with Gasteiger partial charge in [-0.1, -0.05) is 12.1 Å². The average molecular weight is 306 g/mol. The molecule has 2 rings (SSSR count). The van der Waals surface area contributed by atoms with Crippen molar-refractivity contribution in [1.82, 2.24) is 20.2 Å². The van der Waals surface area contributed by atoms with Crippen LogP contribution in [0.5, 0.6) is 0 Å². The molecule has 1 aromatic heterocycles. The van der Waals surface area contributed by atoms with Crippen LogP contribution in [0.25, 0.3) is 0 Å². The molecule has 0 radical (unpaired) electrons. The lowest BCUT2D eigenvalue weighted by Crippen LogP contribution is -2.23. The Bertz CT molecular complexity index is 657. The lowest BCUT2D eigenvalue weighted by atomic mass is 10.1. The first-order valence-electron chi connectivity index (χ1n) is 6.61. The second kappa shape index (κ2) is 7.26. The zero-order valence-corrected chi connectivity index (χ0v) is 12.6. The maximum atomic E-state index is 12.2. The summed E-state index contributed by atoms with van der Waals surface area (Å²) >= 11 is 0. The van der Waals surface area contributed by atoms with Crippen LogP contribution in [0.1, 0.15) is 11.3 Å². The predicted octanol–water partition coefficient (Wildman–Crippen LogP) is 0.717. The first-order valence-corrected chi connectivity index (χ1v) is 8.10. The van der Waals surface area contributed by atoms with E-state index in [2.05, 4.69) is 20.2 Å². The van der Waals surface area contributed by atoms with Crippen LogP contribution in [0.3, 0.4) is 0 Å². The molecule has 1 heterocycles. The molecule has 0 aliphatic rings. The highest BCUT2D eigenvalue weighted by Crippen LogP contribution is 2.11. The van der Waals surface area contributed by atoms with Crippen LogP contribution in [0.15, 0.2) is 47.5 Å². The molecule has 0 spiro atoms. The van der Waals surface area contributed by atoms with E-state index >= 15 is 0 Å². The Morgan fingerprint density at radius 2 is 1.90 bits per heavy atom. The van der Waals surface area contributed by atoms with Crippen LogP contribution in [0, 0.1) is 0 Å². The van der Waals surface area contributed by atoms with Gasteiger partial charge in [0.1, 0.15) is 0 Å². The molecule has 0 unspecified atom stereocenters. The van der Waals surface area contributed by atoms with Crippen molar-refractivity contribution in [3.63, 3.8) is 0 Å². The Labute approximate surface area is 124 Å². The number of benzene rings is 1. The third-order valence-corrected chi connectivity index (χ3v) is 4.39. The minimum Gasteiger partial charge on any atom is -0.319 e. The fourth-order valence-electron chi connectivity index (χ4n) is 1.78. The van der Waals surface area contributed by atoms with Gasteiger partial charge in [0, 0.05) is 6.20 Å². The lowest BCUT2D eigenvalue weighted by molar-refractivity contribution is 0.580. The van der Waals surface area contributed by atoms with Gasteiger partial charge in [-0.25, -0.2) is 13.1 Å². The summed E-state index contributed by atoms with van der Waals surface area (Å²) in [6, 6.07) is 10.3. The number of likely N-dealkylation sites (N-methyl/N-ethyl adjacent to an activating group) is 1. The largest absolute Gasteiger partial charge is 0.319 e. The van der Waals surface area contributed by atoms with Crippen molar-refractivity contribution in [3.8, 4) is 0 Å². The molecule has 112 valence electrons. The monoisotopic (exact) mass is 306 g/mol. The summed E-state index contributed by atoms with van der Waals surface area (Å²) in [7, 11) is -1.64. The van der Waals surface area contributed by atoms with Gasteiger partial charge < -0.3 is 5.32 Å². The Hall–Kier alpha value is -1.83. The molecule has 2 N–H and O–H groups in total. The molecule has 0 amide bonds. The SMILES string of the molecule is CNCCc1ccc(S(=O)(=O)NCc2cccnn2)cc1. The number of rotatable bonds is 7. The molecular formula is C14H18N4O2S. The summed E-state index contributed by atoms with van der Waals surface area (Å²) in [5.41, 5.74) is 1.67. The van der Waals surface area contributed by atoms with Gasteiger partial charge in [0.2, 0.25) is 10.0 Å². The quantitative estimate of drug-likeness (QED) is 0.787. The topological polar surface area (TPSA) is 84.0 Å². The van der Waals surface area contributed by atoms with E-state index in [0.717, 1.165) is 18.5 Å². The number of hydrogen-bond acceptors (Lipinski definition) is 5. The highest BCUT2D eigenvalue weighted by Gasteiger charge is 2.13. The van der Waals surface area contributed by atoms with E-state index in [1.165, 1.54) is 0 Å². The van der Waals surface area contributed by atoms with E-state index in [1.807, 2.05) is 19.2 Å². The van der Waals surface area contributed by atoms with Gasteiger partial charge in [-0.15, -0.1) is 0 Å². The summed E-state index contributed by atoms with van der Waals surface area (Å²) in [5, 5.41) is 10.6. The Balaban J connectivity index is 2.02. The van der Waals surface area contributed by atoms with Crippen molar-refractivity contribution in [2.75, 3.05) is 13.6 Å². The van der Waals surface area contributed by atoms with Gasteiger partial charge in [-0.2, -0.15) is 10.2 Å². The zero-order valence-electron chi connectivity index (χ0n) is 11.8. The van der Waals surface area contributed by atoms with Crippen molar-refractivity contribution in [3.05, 3.63) is 53.9 Å². The fourth-order valence-corrected chi connectivity index (χ4v) is 2.78. The second-order valence-corrected chi connectivity index (χ2v) is 6.30.